The van der Waals surface area contributed by atoms with Crippen LogP contribution in [0.2, 0.25) is 0 Å². The van der Waals surface area contributed by atoms with Crippen LogP contribution < -0.4 is 23.0 Å². The van der Waals surface area contributed by atoms with Gasteiger partial charge in [-0.2, -0.15) is 0 Å². The first-order valence-electron chi connectivity index (χ1n) is 1.29. The summed E-state index contributed by atoms with van der Waals surface area (Å²) in [5.74, 6) is 12.5. The lowest BCUT2D eigenvalue weighted by molar-refractivity contribution is 0.263. The first-order chi connectivity index (χ1) is 2.91. The molecule has 48 valence electrons. The minimum atomic E-state index is -0.153. The Kier molecular flexibility index (Phi) is 75.4. The Labute approximate surface area is 52.6 Å². The van der Waals surface area contributed by atoms with Crippen LogP contribution in [-0.2, 0) is 0 Å². The van der Waals surface area contributed by atoms with E-state index in [2.05, 4.69) is 17.5 Å². The highest BCUT2D eigenvalue weighted by molar-refractivity contribution is 8.93. The minimum Gasteiger partial charge on any atom is -0.380 e. The molecule has 0 heterocycles. The molecule has 0 bridgehead atoms. The molecule has 0 saturated heterocycles. The molecule has 0 aromatic rings. The summed E-state index contributed by atoms with van der Waals surface area (Å²) in [6.45, 7) is -0.153. The Morgan fingerprint density at radius 1 is 1.43 bits per heavy atom. The fraction of sp³-hybridized carbons (Fsp3) is 1.00. The van der Waals surface area contributed by atoms with Crippen LogP contribution in [0.1, 0.15) is 0 Å². The number of hydrogen-bond acceptors (Lipinski definition) is 5. The van der Waals surface area contributed by atoms with Crippen molar-refractivity contribution in [3.63, 3.8) is 0 Å². The zero-order chi connectivity index (χ0) is 5.41. The van der Waals surface area contributed by atoms with E-state index in [1.165, 1.54) is 0 Å². The molecule has 7 heavy (non-hydrogen) atoms. The van der Waals surface area contributed by atoms with Crippen molar-refractivity contribution >= 4 is 17.0 Å². The van der Waals surface area contributed by atoms with E-state index >= 15 is 0 Å². The zero-order valence-electron chi connectivity index (χ0n) is 3.79. The van der Waals surface area contributed by atoms with E-state index < -0.39 is 0 Å². The first-order valence-corrected chi connectivity index (χ1v) is 1.29. The van der Waals surface area contributed by atoms with E-state index in [1.807, 2.05) is 5.43 Å². The number of nitrogens with two attached hydrogens (primary N) is 3. The maximum absolute atomic E-state index is 7.64. The van der Waals surface area contributed by atoms with Crippen LogP contribution in [0.3, 0.4) is 0 Å². The summed E-state index contributed by atoms with van der Waals surface area (Å²) >= 11 is 0. The van der Waals surface area contributed by atoms with Crippen molar-refractivity contribution in [3.8, 4) is 0 Å². The summed E-state index contributed by atoms with van der Waals surface area (Å²) in [7, 11) is 0. The molecule has 0 aliphatic carbocycles. The molecule has 6 heteroatoms. The normalized spacial score (nSPS) is 5.14. The van der Waals surface area contributed by atoms with Gasteiger partial charge in [0.05, 0.1) is 0 Å². The van der Waals surface area contributed by atoms with Crippen molar-refractivity contribution in [2.45, 2.75) is 0 Å². The smallest absolute Gasteiger partial charge is 0.105 e. The fourth-order valence-electron chi connectivity index (χ4n) is 0. The van der Waals surface area contributed by atoms with Gasteiger partial charge in [0, 0.05) is 0 Å². The van der Waals surface area contributed by atoms with Crippen molar-refractivity contribution in [2.75, 3.05) is 6.73 Å². The number of hydrazine groups is 2. The molecule has 0 aromatic carbocycles. The van der Waals surface area contributed by atoms with E-state index in [0.717, 1.165) is 0 Å². The topological polar surface area (TPSA) is 110 Å². The van der Waals surface area contributed by atoms with Crippen molar-refractivity contribution < 1.29 is 5.11 Å². The number of aliphatic hydroxyl groups excluding tert-OH is 1. The Bertz CT molecular complexity index is 13.7. The predicted octanol–water partition coefficient (Wildman–Crippen LogP) is -2.20. The maximum Gasteiger partial charge on any atom is 0.105 e. The van der Waals surface area contributed by atoms with Crippen LogP contribution in [0.25, 0.3) is 0 Å². The van der Waals surface area contributed by atoms with Gasteiger partial charge in [0.25, 0.3) is 0 Å². The summed E-state index contributed by atoms with van der Waals surface area (Å²) in [4.78, 5) is 0. The molecule has 0 spiro atoms. The van der Waals surface area contributed by atoms with Crippen molar-refractivity contribution in [2.24, 2.45) is 17.5 Å². The average molecular weight is 175 g/mol. The quantitative estimate of drug-likeness (QED) is 0.176. The van der Waals surface area contributed by atoms with Gasteiger partial charge < -0.3 is 5.11 Å². The standard InChI is InChI=1S/CH6N2O.BrH.H4N2/c2-3-1-4;;1-2/h3-4H,1-2H2;1H;1-2H2. The average Bonchev–Trinajstić information content (AvgIpc) is 1.72. The van der Waals surface area contributed by atoms with Crippen LogP contribution >= 0.6 is 17.0 Å². The second-order valence-electron chi connectivity index (χ2n) is 0.362. The number of hydrogen-bond donors (Lipinski definition) is 5. The van der Waals surface area contributed by atoms with Gasteiger partial charge in [-0.1, -0.05) is 0 Å². The van der Waals surface area contributed by atoms with Gasteiger partial charge in [0.2, 0.25) is 0 Å². The predicted molar refractivity (Wildman–Crippen MR) is 33.1 cm³/mol. The largest absolute Gasteiger partial charge is 0.380 e. The molecule has 0 aliphatic rings. The number of halogens is 1. The highest BCUT2D eigenvalue weighted by atomic mass is 79.9. The van der Waals surface area contributed by atoms with Gasteiger partial charge in [0.1, 0.15) is 6.73 Å². The van der Waals surface area contributed by atoms with Crippen LogP contribution in [0.5, 0.6) is 0 Å². The number of aliphatic hydroxyl groups is 1. The molecule has 0 fully saturated rings. The van der Waals surface area contributed by atoms with Gasteiger partial charge in [-0.15, -0.1) is 17.0 Å². The highest BCUT2D eigenvalue weighted by Gasteiger charge is 1.50. The van der Waals surface area contributed by atoms with Crippen molar-refractivity contribution in [3.05, 3.63) is 0 Å². The number of nitrogens with one attached hydrogen (secondary N) is 1. The molecule has 0 radical (unpaired) electrons. The van der Waals surface area contributed by atoms with E-state index in [4.69, 9.17) is 5.11 Å². The second-order valence-corrected chi connectivity index (χ2v) is 0.362. The summed E-state index contributed by atoms with van der Waals surface area (Å²) in [6.07, 6.45) is 0. The molecular formula is CH11BrN4O. The van der Waals surface area contributed by atoms with Crippen LogP contribution in [0.15, 0.2) is 0 Å². The van der Waals surface area contributed by atoms with E-state index in [-0.39, 0.29) is 23.7 Å². The molecule has 5 nitrogen and oxygen atoms in total. The van der Waals surface area contributed by atoms with E-state index in [1.54, 1.807) is 0 Å². The summed E-state index contributed by atoms with van der Waals surface area (Å²) in [5, 5.41) is 7.64. The van der Waals surface area contributed by atoms with Gasteiger partial charge in [-0.25, -0.2) is 5.43 Å². The second kappa shape index (κ2) is 33.7. The molecule has 0 unspecified atom stereocenters. The molecule has 0 atom stereocenters. The van der Waals surface area contributed by atoms with Crippen LogP contribution in [-0.4, -0.2) is 11.8 Å². The highest BCUT2D eigenvalue weighted by Crippen LogP contribution is 1.18. The van der Waals surface area contributed by atoms with Gasteiger partial charge in [0.15, 0.2) is 0 Å². The maximum atomic E-state index is 7.64. The van der Waals surface area contributed by atoms with Crippen molar-refractivity contribution in [1.82, 2.24) is 5.43 Å². The van der Waals surface area contributed by atoms with E-state index in [9.17, 15) is 0 Å². The third-order valence-corrected chi connectivity index (χ3v) is 0.0913. The molecule has 0 amide bonds. The lowest BCUT2D eigenvalue weighted by Crippen LogP contribution is -2.21. The fourth-order valence-corrected chi connectivity index (χ4v) is 0. The molecule has 0 rings (SSSR count). The van der Waals surface area contributed by atoms with Gasteiger partial charge >= 0.3 is 0 Å². The molecule has 8 N–H and O–H groups in total. The van der Waals surface area contributed by atoms with Crippen LogP contribution in [0.4, 0.5) is 0 Å². The Balaban J connectivity index is -0.0000000480. The Morgan fingerprint density at radius 3 is 1.57 bits per heavy atom. The van der Waals surface area contributed by atoms with Crippen LogP contribution in [0, 0.1) is 0 Å². The first kappa shape index (κ1) is 15.7. The Morgan fingerprint density at radius 2 is 1.57 bits per heavy atom. The zero-order valence-corrected chi connectivity index (χ0v) is 5.51. The summed E-state index contributed by atoms with van der Waals surface area (Å²) in [5.41, 5.74) is 1.99. The lowest BCUT2D eigenvalue weighted by Gasteiger charge is -1.77. The van der Waals surface area contributed by atoms with Crippen molar-refractivity contribution in [1.29, 1.82) is 0 Å². The molecule has 0 saturated carbocycles. The lowest BCUT2D eigenvalue weighted by atomic mass is 11.4. The monoisotopic (exact) mass is 174 g/mol. The Hall–Kier alpha value is 0.280. The third-order valence-electron chi connectivity index (χ3n) is 0.0913. The molecule has 0 aliphatic heterocycles. The molecule has 0 aromatic heterocycles. The van der Waals surface area contributed by atoms with E-state index in [0.29, 0.717) is 0 Å². The van der Waals surface area contributed by atoms with Gasteiger partial charge in [-0.05, 0) is 0 Å². The SMILES string of the molecule is Br.NN.NNCO. The molecular weight excluding hydrogens is 164 g/mol. The summed E-state index contributed by atoms with van der Waals surface area (Å²) in [6, 6.07) is 0. The number of rotatable bonds is 1. The minimum absolute atomic E-state index is 0. The summed E-state index contributed by atoms with van der Waals surface area (Å²) < 4.78 is 0. The third kappa shape index (κ3) is 70.2. The van der Waals surface area contributed by atoms with Gasteiger partial charge in [-0.3, -0.25) is 17.5 Å².